The molecule has 2 N–H and O–H groups in total. The molecule has 0 spiro atoms. The molecular formula is C20H25N3O. The summed E-state index contributed by atoms with van der Waals surface area (Å²) in [4.78, 5) is 5.42. The zero-order valence-corrected chi connectivity index (χ0v) is 14.7. The van der Waals surface area contributed by atoms with Crippen LogP contribution in [0.25, 0.3) is 21.8 Å². The van der Waals surface area contributed by atoms with Crippen LogP contribution in [0.15, 0.2) is 41.6 Å². The van der Waals surface area contributed by atoms with Crippen LogP contribution in [0.4, 0.5) is 0 Å². The molecule has 0 unspecified atom stereocenters. The molecule has 0 aliphatic heterocycles. The van der Waals surface area contributed by atoms with Crippen LogP contribution in [0, 0.1) is 13.8 Å². The molecule has 0 fully saturated rings. The Morgan fingerprint density at radius 1 is 1.08 bits per heavy atom. The van der Waals surface area contributed by atoms with Crippen LogP contribution in [0.5, 0.6) is 0 Å². The fraction of sp³-hybridized carbons (Fsp3) is 0.350. The Bertz CT molecular complexity index is 941. The predicted molar refractivity (Wildman–Crippen MR) is 99.8 cm³/mol. The average Bonchev–Trinajstić information content (AvgIpc) is 2.61. The minimum atomic E-state index is 0.558. The second-order valence-electron chi connectivity index (χ2n) is 6.07. The molecule has 0 atom stereocenters. The molecule has 4 heteroatoms. The quantitative estimate of drug-likeness (QED) is 0.576. The fourth-order valence-electron chi connectivity index (χ4n) is 3.22. The van der Waals surface area contributed by atoms with Gasteiger partial charge in [-0.25, -0.2) is 0 Å². The number of fused-ring (bicyclic) bond motifs is 2. The Morgan fingerprint density at radius 2 is 1.88 bits per heavy atom. The highest BCUT2D eigenvalue weighted by atomic mass is 16.6. The Morgan fingerprint density at radius 3 is 2.62 bits per heavy atom. The van der Waals surface area contributed by atoms with Gasteiger partial charge in [0.05, 0.1) is 11.0 Å². The van der Waals surface area contributed by atoms with Crippen molar-refractivity contribution in [2.45, 2.75) is 33.7 Å². The number of nitrogens with zero attached hydrogens (tertiary/aromatic N) is 2. The zero-order valence-electron chi connectivity index (χ0n) is 14.7. The summed E-state index contributed by atoms with van der Waals surface area (Å²) < 4.78 is 2.38. The van der Waals surface area contributed by atoms with E-state index in [4.69, 9.17) is 10.6 Å². The first-order valence-electron chi connectivity index (χ1n) is 8.56. The maximum absolute atomic E-state index is 5.78. The van der Waals surface area contributed by atoms with E-state index in [1.54, 1.807) is 0 Å². The summed E-state index contributed by atoms with van der Waals surface area (Å²) in [5, 5.41) is 7.58. The summed E-state index contributed by atoms with van der Waals surface area (Å²) >= 11 is 0. The van der Waals surface area contributed by atoms with Crippen molar-refractivity contribution >= 4 is 21.8 Å². The molecule has 0 bridgehead atoms. The van der Waals surface area contributed by atoms with Crippen LogP contribution in [-0.2, 0) is 11.4 Å². The minimum Gasteiger partial charge on any atom is -0.396 e. The van der Waals surface area contributed by atoms with Gasteiger partial charge in [-0.3, -0.25) is 0 Å². The molecule has 1 aromatic heterocycles. The van der Waals surface area contributed by atoms with Crippen molar-refractivity contribution in [1.29, 1.82) is 0 Å². The number of nitrogens with two attached hydrogens (primary N) is 1. The Hall–Kier alpha value is -2.33. The van der Waals surface area contributed by atoms with Crippen molar-refractivity contribution in [3.8, 4) is 0 Å². The molecule has 1 heterocycles. The predicted octanol–water partition coefficient (Wildman–Crippen LogP) is 3.61. The number of hydrogen-bond acceptors (Lipinski definition) is 3. The van der Waals surface area contributed by atoms with Gasteiger partial charge in [-0.15, -0.1) is 0 Å². The maximum atomic E-state index is 5.78. The van der Waals surface area contributed by atoms with Gasteiger partial charge in [0.25, 0.3) is 0 Å². The Kier molecular flexibility index (Phi) is 4.86. The van der Waals surface area contributed by atoms with Gasteiger partial charge in [-0.05, 0) is 50.9 Å². The molecule has 0 amide bonds. The van der Waals surface area contributed by atoms with E-state index < -0.39 is 0 Å². The van der Waals surface area contributed by atoms with E-state index in [0.717, 1.165) is 29.1 Å². The Labute approximate surface area is 142 Å². The standard InChI is InChI=1S/C20H25N3O/c1-4-24-22-19-16-8-5-6-9-18(16)23(13-7-12-21)20-15(3)14(2)10-11-17(19)20/h5-6,8-11H,4,7,12-13,21H2,1-3H3. The van der Waals surface area contributed by atoms with Gasteiger partial charge in [0.15, 0.2) is 0 Å². The van der Waals surface area contributed by atoms with Gasteiger partial charge in [0, 0.05) is 17.3 Å². The molecule has 0 aliphatic rings. The van der Waals surface area contributed by atoms with Gasteiger partial charge in [0.2, 0.25) is 0 Å². The lowest BCUT2D eigenvalue weighted by atomic mass is 10.0. The van der Waals surface area contributed by atoms with Gasteiger partial charge in [-0.2, -0.15) is 0 Å². The first-order chi connectivity index (χ1) is 11.7. The largest absolute Gasteiger partial charge is 0.396 e. The molecule has 24 heavy (non-hydrogen) atoms. The third-order valence-corrected chi connectivity index (χ3v) is 4.55. The van der Waals surface area contributed by atoms with E-state index in [-0.39, 0.29) is 0 Å². The molecule has 2 aromatic carbocycles. The van der Waals surface area contributed by atoms with E-state index in [1.807, 2.05) is 13.0 Å². The summed E-state index contributed by atoms with van der Waals surface area (Å²) in [5.41, 5.74) is 10.7. The van der Waals surface area contributed by atoms with Crippen molar-refractivity contribution in [3.63, 3.8) is 0 Å². The molecule has 3 aromatic rings. The van der Waals surface area contributed by atoms with Crippen molar-refractivity contribution in [2.75, 3.05) is 13.2 Å². The van der Waals surface area contributed by atoms with Crippen LogP contribution >= 0.6 is 0 Å². The highest BCUT2D eigenvalue weighted by Gasteiger charge is 2.12. The highest BCUT2D eigenvalue weighted by molar-refractivity contribution is 5.95. The van der Waals surface area contributed by atoms with Crippen molar-refractivity contribution in [3.05, 3.63) is 52.9 Å². The number of aryl methyl sites for hydroxylation is 3. The summed E-state index contributed by atoms with van der Waals surface area (Å²) in [6.07, 6.45) is 0.944. The number of para-hydroxylation sites is 1. The SMILES string of the molecule is CCON=c1c2ccccc2n(CCCN)c2c(C)c(C)ccc12. The van der Waals surface area contributed by atoms with Crippen LogP contribution in [0.3, 0.4) is 0 Å². The zero-order chi connectivity index (χ0) is 17.1. The first kappa shape index (κ1) is 16.5. The number of benzene rings is 2. The van der Waals surface area contributed by atoms with E-state index >= 15 is 0 Å². The number of hydrogen-bond donors (Lipinski definition) is 1. The second kappa shape index (κ2) is 7.05. The Balaban J connectivity index is 2.52. The van der Waals surface area contributed by atoms with Gasteiger partial charge < -0.3 is 15.1 Å². The molecule has 0 radical (unpaired) electrons. The lowest BCUT2D eigenvalue weighted by Crippen LogP contribution is -2.16. The van der Waals surface area contributed by atoms with Gasteiger partial charge >= 0.3 is 0 Å². The van der Waals surface area contributed by atoms with Gasteiger partial charge in [-0.1, -0.05) is 35.5 Å². The molecule has 0 aliphatic carbocycles. The average molecular weight is 323 g/mol. The summed E-state index contributed by atoms with van der Waals surface area (Å²) in [6.45, 7) is 8.41. The normalized spacial score (nSPS) is 12.2. The van der Waals surface area contributed by atoms with Crippen molar-refractivity contribution < 1.29 is 4.84 Å². The summed E-state index contributed by atoms with van der Waals surface area (Å²) in [7, 11) is 0. The molecule has 4 nitrogen and oxygen atoms in total. The summed E-state index contributed by atoms with van der Waals surface area (Å²) in [6, 6.07) is 12.7. The number of pyridine rings is 1. The van der Waals surface area contributed by atoms with E-state index in [2.05, 4.69) is 53.9 Å². The number of rotatable bonds is 5. The topological polar surface area (TPSA) is 52.5 Å². The summed E-state index contributed by atoms with van der Waals surface area (Å²) in [5.74, 6) is 0. The maximum Gasteiger partial charge on any atom is 0.121 e. The monoisotopic (exact) mass is 323 g/mol. The molecule has 126 valence electrons. The van der Waals surface area contributed by atoms with E-state index in [1.165, 1.54) is 22.2 Å². The van der Waals surface area contributed by atoms with Gasteiger partial charge in [0.1, 0.15) is 12.0 Å². The van der Waals surface area contributed by atoms with Crippen LogP contribution < -0.4 is 11.1 Å². The van der Waals surface area contributed by atoms with Crippen LogP contribution in [-0.4, -0.2) is 17.7 Å². The van der Waals surface area contributed by atoms with Crippen molar-refractivity contribution in [1.82, 2.24) is 4.57 Å². The molecule has 0 saturated carbocycles. The van der Waals surface area contributed by atoms with Crippen LogP contribution in [0.1, 0.15) is 24.5 Å². The first-order valence-corrected chi connectivity index (χ1v) is 8.56. The van der Waals surface area contributed by atoms with Crippen LogP contribution in [0.2, 0.25) is 0 Å². The van der Waals surface area contributed by atoms with E-state index in [9.17, 15) is 0 Å². The lowest BCUT2D eigenvalue weighted by Gasteiger charge is -2.18. The molecule has 3 rings (SSSR count). The third kappa shape index (κ3) is 2.78. The molecular weight excluding hydrogens is 298 g/mol. The van der Waals surface area contributed by atoms with E-state index in [0.29, 0.717) is 13.2 Å². The third-order valence-electron chi connectivity index (χ3n) is 4.55. The number of aromatic nitrogens is 1. The highest BCUT2D eigenvalue weighted by Crippen LogP contribution is 2.24. The second-order valence-corrected chi connectivity index (χ2v) is 6.07. The smallest absolute Gasteiger partial charge is 0.121 e. The lowest BCUT2D eigenvalue weighted by molar-refractivity contribution is 0.148. The van der Waals surface area contributed by atoms with Crippen molar-refractivity contribution in [2.24, 2.45) is 10.9 Å². The molecule has 0 saturated heterocycles. The minimum absolute atomic E-state index is 0.558. The fourth-order valence-corrected chi connectivity index (χ4v) is 3.22.